The second-order valence-corrected chi connectivity index (χ2v) is 12.0. The number of hydrogen-bond donors (Lipinski definition) is 1. The molecule has 0 aliphatic heterocycles. The van der Waals surface area contributed by atoms with Gasteiger partial charge in [-0.05, 0) is 48.2 Å². The van der Waals surface area contributed by atoms with Gasteiger partial charge in [0.25, 0.3) is 0 Å². The zero-order valence-corrected chi connectivity index (χ0v) is 25.0. The summed E-state index contributed by atoms with van der Waals surface area (Å²) in [6.45, 7) is 2.97. The van der Waals surface area contributed by atoms with Crippen molar-refractivity contribution >= 4 is 21.8 Å². The number of ether oxygens (including phenoxy) is 1. The highest BCUT2D eigenvalue weighted by molar-refractivity contribution is 7.89. The fraction of sp³-hybridized carbons (Fsp3) is 0.375. The standard InChI is InChI=1S/C32H41N3O5S/c1-4-5-21-33-32(37)30(24-26-14-8-6-9-15-26)35(25-27-16-12-17-28(23-27)40-3)31(36)20-13-22-34(2)41(38,39)29-18-10-7-11-19-29/h6-12,14-19,23,30H,4-5,13,20-22,24-25H2,1-3H3,(H,33,37)/t30-/m0/s1. The van der Waals surface area contributed by atoms with Crippen molar-refractivity contribution in [2.45, 2.75) is 56.5 Å². The Hall–Kier alpha value is -3.69. The molecular weight excluding hydrogens is 538 g/mol. The predicted octanol–water partition coefficient (Wildman–Crippen LogP) is 4.65. The van der Waals surface area contributed by atoms with E-state index in [0.29, 0.717) is 25.1 Å². The summed E-state index contributed by atoms with van der Waals surface area (Å²) < 4.78 is 32.5. The number of benzene rings is 3. The molecular formula is C32H41N3O5S. The van der Waals surface area contributed by atoms with Gasteiger partial charge in [-0.15, -0.1) is 0 Å². The van der Waals surface area contributed by atoms with Gasteiger partial charge >= 0.3 is 0 Å². The second kappa shape index (κ2) is 15.9. The van der Waals surface area contributed by atoms with Gasteiger partial charge in [0, 0.05) is 39.5 Å². The fourth-order valence-corrected chi connectivity index (χ4v) is 5.75. The maximum atomic E-state index is 13.8. The molecule has 2 amide bonds. The summed E-state index contributed by atoms with van der Waals surface area (Å²) in [5.74, 6) is 0.238. The number of carbonyl (C=O) groups excluding carboxylic acids is 2. The Balaban J connectivity index is 1.83. The maximum Gasteiger partial charge on any atom is 0.243 e. The van der Waals surface area contributed by atoms with Crippen molar-refractivity contribution in [2.24, 2.45) is 0 Å². The van der Waals surface area contributed by atoms with E-state index in [0.717, 1.165) is 24.0 Å². The van der Waals surface area contributed by atoms with E-state index in [2.05, 4.69) is 12.2 Å². The summed E-state index contributed by atoms with van der Waals surface area (Å²) in [7, 11) is -0.567. The first-order chi connectivity index (χ1) is 19.8. The van der Waals surface area contributed by atoms with Crippen LogP contribution in [-0.2, 0) is 32.6 Å². The van der Waals surface area contributed by atoms with E-state index < -0.39 is 16.1 Å². The van der Waals surface area contributed by atoms with Crippen LogP contribution in [0.3, 0.4) is 0 Å². The summed E-state index contributed by atoms with van der Waals surface area (Å²) in [6, 6.07) is 24.6. The van der Waals surface area contributed by atoms with E-state index >= 15 is 0 Å². The molecule has 0 heterocycles. The Bertz CT molecular complexity index is 1350. The minimum absolute atomic E-state index is 0.0894. The van der Waals surface area contributed by atoms with Crippen molar-refractivity contribution in [1.29, 1.82) is 0 Å². The van der Waals surface area contributed by atoms with Crippen LogP contribution in [0.5, 0.6) is 5.75 Å². The van der Waals surface area contributed by atoms with Crippen molar-refractivity contribution < 1.29 is 22.7 Å². The van der Waals surface area contributed by atoms with Gasteiger partial charge in [-0.25, -0.2) is 12.7 Å². The van der Waals surface area contributed by atoms with Crippen LogP contribution in [0.15, 0.2) is 89.8 Å². The molecule has 3 rings (SSSR count). The van der Waals surface area contributed by atoms with Crippen LogP contribution in [0.25, 0.3) is 0 Å². The third kappa shape index (κ3) is 9.43. The van der Waals surface area contributed by atoms with E-state index in [4.69, 9.17) is 4.74 Å². The van der Waals surface area contributed by atoms with Gasteiger partial charge in [0.05, 0.1) is 12.0 Å². The van der Waals surface area contributed by atoms with Gasteiger partial charge in [0.2, 0.25) is 21.8 Å². The molecule has 3 aromatic rings. The molecule has 0 saturated carbocycles. The Labute approximate surface area is 244 Å². The summed E-state index contributed by atoms with van der Waals surface area (Å²) >= 11 is 0. The Kier molecular flexibility index (Phi) is 12.4. The maximum absolute atomic E-state index is 13.8. The van der Waals surface area contributed by atoms with E-state index in [1.807, 2.05) is 54.6 Å². The van der Waals surface area contributed by atoms with Gasteiger partial charge < -0.3 is 15.0 Å². The Morgan fingerprint density at radius 3 is 2.22 bits per heavy atom. The predicted molar refractivity (Wildman–Crippen MR) is 161 cm³/mol. The molecule has 0 aromatic heterocycles. The molecule has 0 aliphatic rings. The van der Waals surface area contributed by atoms with Crippen molar-refractivity contribution in [1.82, 2.24) is 14.5 Å². The molecule has 0 radical (unpaired) electrons. The highest BCUT2D eigenvalue weighted by atomic mass is 32.2. The molecule has 3 aromatic carbocycles. The van der Waals surface area contributed by atoms with Crippen molar-refractivity contribution in [2.75, 3.05) is 27.2 Å². The summed E-state index contributed by atoms with van der Waals surface area (Å²) in [5.41, 5.74) is 1.78. The molecule has 0 bridgehead atoms. The van der Waals surface area contributed by atoms with Gasteiger partial charge in [-0.1, -0.05) is 74.0 Å². The first-order valence-corrected chi connectivity index (χ1v) is 15.5. The molecule has 0 aliphatic carbocycles. The van der Waals surface area contributed by atoms with E-state index in [-0.39, 0.29) is 36.2 Å². The molecule has 1 N–H and O–H groups in total. The number of rotatable bonds is 16. The third-order valence-corrected chi connectivity index (χ3v) is 8.77. The summed E-state index contributed by atoms with van der Waals surface area (Å²) in [6.07, 6.45) is 2.54. The molecule has 41 heavy (non-hydrogen) atoms. The largest absolute Gasteiger partial charge is 0.497 e. The average molecular weight is 580 g/mol. The summed E-state index contributed by atoms with van der Waals surface area (Å²) in [5, 5.41) is 3.01. The minimum Gasteiger partial charge on any atom is -0.497 e. The lowest BCUT2D eigenvalue weighted by molar-refractivity contribution is -0.141. The van der Waals surface area contributed by atoms with Crippen LogP contribution in [0.1, 0.15) is 43.7 Å². The third-order valence-electron chi connectivity index (χ3n) is 6.90. The molecule has 0 spiro atoms. The van der Waals surface area contributed by atoms with Crippen LogP contribution in [0, 0.1) is 0 Å². The molecule has 220 valence electrons. The zero-order valence-electron chi connectivity index (χ0n) is 24.2. The van der Waals surface area contributed by atoms with E-state index in [9.17, 15) is 18.0 Å². The average Bonchev–Trinajstić information content (AvgIpc) is 2.99. The van der Waals surface area contributed by atoms with Gasteiger partial charge in [-0.3, -0.25) is 9.59 Å². The van der Waals surface area contributed by atoms with Gasteiger partial charge in [0.1, 0.15) is 11.8 Å². The molecule has 0 saturated heterocycles. The lowest BCUT2D eigenvalue weighted by Gasteiger charge is -2.32. The van der Waals surface area contributed by atoms with Crippen molar-refractivity contribution in [3.8, 4) is 5.75 Å². The van der Waals surface area contributed by atoms with Gasteiger partial charge in [0.15, 0.2) is 0 Å². The SMILES string of the molecule is CCCCNC(=O)[C@H](Cc1ccccc1)N(Cc1cccc(OC)c1)C(=O)CCCN(C)S(=O)(=O)c1ccccc1. The van der Waals surface area contributed by atoms with Crippen LogP contribution >= 0.6 is 0 Å². The molecule has 0 fully saturated rings. The van der Waals surface area contributed by atoms with Crippen LogP contribution in [0.4, 0.5) is 0 Å². The molecule has 0 unspecified atom stereocenters. The first kappa shape index (κ1) is 31.8. The number of hydrogen-bond acceptors (Lipinski definition) is 5. The lowest BCUT2D eigenvalue weighted by atomic mass is 10.0. The number of amides is 2. The molecule has 8 nitrogen and oxygen atoms in total. The Morgan fingerprint density at radius 2 is 1.56 bits per heavy atom. The number of sulfonamides is 1. The monoisotopic (exact) mass is 579 g/mol. The quantitative estimate of drug-likeness (QED) is 0.249. The van der Waals surface area contributed by atoms with Crippen LogP contribution in [0.2, 0.25) is 0 Å². The fourth-order valence-electron chi connectivity index (χ4n) is 4.52. The minimum atomic E-state index is -3.67. The number of nitrogens with one attached hydrogen (secondary N) is 1. The van der Waals surface area contributed by atoms with E-state index in [1.54, 1.807) is 42.3 Å². The highest BCUT2D eigenvalue weighted by Crippen LogP contribution is 2.20. The van der Waals surface area contributed by atoms with Crippen LogP contribution in [-0.4, -0.2) is 62.7 Å². The molecule has 1 atom stereocenters. The summed E-state index contributed by atoms with van der Waals surface area (Å²) in [4.78, 5) is 29.2. The first-order valence-electron chi connectivity index (χ1n) is 14.0. The second-order valence-electron chi connectivity index (χ2n) is 9.97. The smallest absolute Gasteiger partial charge is 0.243 e. The highest BCUT2D eigenvalue weighted by Gasteiger charge is 2.30. The number of methoxy groups -OCH3 is 1. The zero-order chi connectivity index (χ0) is 29.7. The molecule has 9 heteroatoms. The van der Waals surface area contributed by atoms with E-state index in [1.165, 1.54) is 11.4 Å². The topological polar surface area (TPSA) is 96.0 Å². The van der Waals surface area contributed by atoms with Crippen LogP contribution < -0.4 is 10.1 Å². The van der Waals surface area contributed by atoms with Crippen molar-refractivity contribution in [3.63, 3.8) is 0 Å². The van der Waals surface area contributed by atoms with Gasteiger partial charge in [-0.2, -0.15) is 0 Å². The number of carbonyl (C=O) groups is 2. The number of nitrogens with zero attached hydrogens (tertiary/aromatic N) is 2. The Morgan fingerprint density at radius 1 is 0.902 bits per heavy atom. The lowest BCUT2D eigenvalue weighted by Crippen LogP contribution is -2.50. The normalized spacial score (nSPS) is 12.1. The van der Waals surface area contributed by atoms with Crippen molar-refractivity contribution in [3.05, 3.63) is 96.1 Å². The number of unbranched alkanes of at least 4 members (excludes halogenated alkanes) is 1.